The third-order valence-electron chi connectivity index (χ3n) is 3.22. The first-order valence-electron chi connectivity index (χ1n) is 6.78. The third kappa shape index (κ3) is 2.90. The molecule has 0 aliphatic heterocycles. The predicted molar refractivity (Wildman–Crippen MR) is 88.1 cm³/mol. The Morgan fingerprint density at radius 2 is 1.95 bits per heavy atom. The molecule has 3 aromatic rings. The lowest BCUT2D eigenvalue weighted by atomic mass is 10.2. The van der Waals surface area contributed by atoms with E-state index in [1.165, 1.54) is 0 Å². The van der Waals surface area contributed by atoms with Crippen LogP contribution in [-0.4, -0.2) is 15.8 Å². The van der Waals surface area contributed by atoms with Gasteiger partial charge in [0.05, 0.1) is 17.2 Å². The van der Waals surface area contributed by atoms with Crippen LogP contribution in [0.2, 0.25) is 5.02 Å². The number of benzene rings is 2. The summed E-state index contributed by atoms with van der Waals surface area (Å²) in [6.45, 7) is 2.92. The zero-order valence-electron chi connectivity index (χ0n) is 11.6. The quantitative estimate of drug-likeness (QED) is 0.580. The van der Waals surface area contributed by atoms with Crippen LogP contribution in [-0.2, 0) is 6.54 Å². The Morgan fingerprint density at radius 1 is 1.19 bits per heavy atom. The smallest absolute Gasteiger partial charge is 0.224 e. The molecule has 4 nitrogen and oxygen atoms in total. The number of hydrazone groups is 1. The second kappa shape index (κ2) is 5.97. The van der Waals surface area contributed by atoms with Crippen molar-refractivity contribution in [3.8, 4) is 0 Å². The van der Waals surface area contributed by atoms with E-state index >= 15 is 0 Å². The van der Waals surface area contributed by atoms with Crippen molar-refractivity contribution in [2.24, 2.45) is 5.10 Å². The lowest BCUT2D eigenvalue weighted by Crippen LogP contribution is -2.01. The molecule has 106 valence electrons. The molecule has 1 heterocycles. The van der Waals surface area contributed by atoms with E-state index < -0.39 is 0 Å². The van der Waals surface area contributed by atoms with Gasteiger partial charge in [0.15, 0.2) is 0 Å². The maximum atomic E-state index is 5.85. The first-order valence-corrected chi connectivity index (χ1v) is 7.15. The molecule has 0 atom stereocenters. The first-order chi connectivity index (χ1) is 10.3. The second-order valence-electron chi connectivity index (χ2n) is 4.59. The number of aryl methyl sites for hydroxylation is 1. The van der Waals surface area contributed by atoms with E-state index in [1.54, 1.807) is 6.21 Å². The Labute approximate surface area is 128 Å². The average molecular weight is 299 g/mol. The summed E-state index contributed by atoms with van der Waals surface area (Å²) in [6, 6.07) is 15.5. The van der Waals surface area contributed by atoms with E-state index in [0.29, 0.717) is 5.02 Å². The Morgan fingerprint density at radius 3 is 2.71 bits per heavy atom. The van der Waals surface area contributed by atoms with Crippen LogP contribution in [0.25, 0.3) is 11.0 Å². The van der Waals surface area contributed by atoms with Crippen molar-refractivity contribution in [3.05, 3.63) is 59.1 Å². The van der Waals surface area contributed by atoms with Gasteiger partial charge < -0.3 is 4.57 Å². The molecule has 0 saturated heterocycles. The lowest BCUT2D eigenvalue weighted by Gasteiger charge is -2.04. The van der Waals surface area contributed by atoms with Crippen molar-refractivity contribution in [1.29, 1.82) is 0 Å². The molecule has 3 rings (SSSR count). The van der Waals surface area contributed by atoms with E-state index in [0.717, 1.165) is 29.1 Å². The molecule has 5 heteroatoms. The van der Waals surface area contributed by atoms with E-state index in [2.05, 4.69) is 33.1 Å². The van der Waals surface area contributed by atoms with Crippen LogP contribution in [0, 0.1) is 0 Å². The SMILES string of the molecule is CCn1c(N/N=C\c2ccc(Cl)cc2)nc2ccccc21. The van der Waals surface area contributed by atoms with Gasteiger partial charge in [0, 0.05) is 11.6 Å². The summed E-state index contributed by atoms with van der Waals surface area (Å²) in [5.74, 6) is 0.740. The minimum absolute atomic E-state index is 0.716. The molecule has 0 radical (unpaired) electrons. The number of nitrogens with one attached hydrogen (secondary N) is 1. The van der Waals surface area contributed by atoms with Crippen molar-refractivity contribution in [2.75, 3.05) is 5.43 Å². The van der Waals surface area contributed by atoms with E-state index in [4.69, 9.17) is 11.6 Å². The fraction of sp³-hybridized carbons (Fsp3) is 0.125. The largest absolute Gasteiger partial charge is 0.309 e. The standard InChI is InChI=1S/C16H15ClN4/c1-2-21-15-6-4-3-5-14(15)19-16(21)20-18-11-12-7-9-13(17)10-8-12/h3-11H,2H2,1H3,(H,19,20)/b18-11-. The number of hydrogen-bond acceptors (Lipinski definition) is 3. The molecule has 0 unspecified atom stereocenters. The Bertz CT molecular complexity index is 775. The summed E-state index contributed by atoms with van der Waals surface area (Å²) in [4.78, 5) is 4.55. The number of imidazole rings is 1. The van der Waals surface area contributed by atoms with Crippen LogP contribution in [0.4, 0.5) is 5.95 Å². The van der Waals surface area contributed by atoms with Crippen LogP contribution in [0.1, 0.15) is 12.5 Å². The number of halogens is 1. The minimum atomic E-state index is 0.716. The zero-order valence-corrected chi connectivity index (χ0v) is 12.4. The average Bonchev–Trinajstić information content (AvgIpc) is 2.86. The monoisotopic (exact) mass is 298 g/mol. The molecular formula is C16H15ClN4. The fourth-order valence-electron chi connectivity index (χ4n) is 2.19. The second-order valence-corrected chi connectivity index (χ2v) is 5.03. The third-order valence-corrected chi connectivity index (χ3v) is 3.47. The lowest BCUT2D eigenvalue weighted by molar-refractivity contribution is 0.791. The van der Waals surface area contributed by atoms with Gasteiger partial charge in [-0.25, -0.2) is 10.4 Å². The predicted octanol–water partition coefficient (Wildman–Crippen LogP) is 4.16. The molecule has 1 aromatic heterocycles. The highest BCUT2D eigenvalue weighted by Crippen LogP contribution is 2.19. The van der Waals surface area contributed by atoms with E-state index in [9.17, 15) is 0 Å². The van der Waals surface area contributed by atoms with Crippen molar-refractivity contribution < 1.29 is 0 Å². The number of para-hydroxylation sites is 2. The summed E-state index contributed by atoms with van der Waals surface area (Å²) in [6.07, 6.45) is 1.75. The zero-order chi connectivity index (χ0) is 14.7. The fourth-order valence-corrected chi connectivity index (χ4v) is 2.32. The topological polar surface area (TPSA) is 42.2 Å². The Hall–Kier alpha value is -2.33. The highest BCUT2D eigenvalue weighted by atomic mass is 35.5. The van der Waals surface area contributed by atoms with Gasteiger partial charge in [-0.2, -0.15) is 5.10 Å². The van der Waals surface area contributed by atoms with Crippen LogP contribution in [0.3, 0.4) is 0 Å². The van der Waals surface area contributed by atoms with Gasteiger partial charge in [-0.15, -0.1) is 0 Å². The number of aromatic nitrogens is 2. The molecule has 1 N–H and O–H groups in total. The number of anilines is 1. The van der Waals surface area contributed by atoms with Crippen LogP contribution in [0.15, 0.2) is 53.6 Å². The van der Waals surface area contributed by atoms with Crippen LogP contribution in [0.5, 0.6) is 0 Å². The van der Waals surface area contributed by atoms with Gasteiger partial charge in [-0.3, -0.25) is 0 Å². The molecular weight excluding hydrogens is 284 g/mol. The van der Waals surface area contributed by atoms with Crippen molar-refractivity contribution in [3.63, 3.8) is 0 Å². The van der Waals surface area contributed by atoms with Crippen molar-refractivity contribution in [1.82, 2.24) is 9.55 Å². The number of rotatable bonds is 4. The summed E-state index contributed by atoms with van der Waals surface area (Å²) < 4.78 is 2.09. The molecule has 21 heavy (non-hydrogen) atoms. The summed E-state index contributed by atoms with van der Waals surface area (Å²) in [5.41, 5.74) is 6.05. The van der Waals surface area contributed by atoms with Crippen molar-refractivity contribution in [2.45, 2.75) is 13.5 Å². The minimum Gasteiger partial charge on any atom is -0.309 e. The molecule has 0 aliphatic rings. The summed E-state index contributed by atoms with van der Waals surface area (Å²) in [5, 5.41) is 4.96. The molecule has 2 aromatic carbocycles. The molecule has 0 spiro atoms. The molecule has 0 saturated carbocycles. The molecule has 0 fully saturated rings. The normalized spacial score (nSPS) is 11.3. The molecule has 0 amide bonds. The Kier molecular flexibility index (Phi) is 3.88. The van der Waals surface area contributed by atoms with Gasteiger partial charge >= 0.3 is 0 Å². The first kappa shape index (κ1) is 13.6. The summed E-state index contributed by atoms with van der Waals surface area (Å²) >= 11 is 5.85. The number of hydrogen-bond donors (Lipinski definition) is 1. The van der Waals surface area contributed by atoms with Gasteiger partial charge in [0.2, 0.25) is 5.95 Å². The summed E-state index contributed by atoms with van der Waals surface area (Å²) in [7, 11) is 0. The van der Waals surface area contributed by atoms with Crippen LogP contribution < -0.4 is 5.43 Å². The number of nitrogens with zero attached hydrogens (tertiary/aromatic N) is 3. The van der Waals surface area contributed by atoms with Gasteiger partial charge in [-0.1, -0.05) is 35.9 Å². The highest BCUT2D eigenvalue weighted by Gasteiger charge is 2.07. The van der Waals surface area contributed by atoms with E-state index in [1.807, 2.05) is 42.5 Å². The van der Waals surface area contributed by atoms with Gasteiger partial charge in [-0.05, 0) is 36.8 Å². The van der Waals surface area contributed by atoms with Crippen molar-refractivity contribution >= 4 is 34.8 Å². The van der Waals surface area contributed by atoms with Crippen LogP contribution >= 0.6 is 11.6 Å². The number of fused-ring (bicyclic) bond motifs is 1. The maximum Gasteiger partial charge on any atom is 0.224 e. The van der Waals surface area contributed by atoms with Gasteiger partial charge in [0.1, 0.15) is 0 Å². The Balaban J connectivity index is 1.83. The maximum absolute atomic E-state index is 5.85. The van der Waals surface area contributed by atoms with E-state index in [-0.39, 0.29) is 0 Å². The molecule has 0 aliphatic carbocycles. The van der Waals surface area contributed by atoms with Gasteiger partial charge in [0.25, 0.3) is 0 Å². The highest BCUT2D eigenvalue weighted by molar-refractivity contribution is 6.30. The molecule has 0 bridgehead atoms.